The van der Waals surface area contributed by atoms with Crippen LogP contribution in [0.2, 0.25) is 0 Å². The first-order chi connectivity index (χ1) is 6.89. The van der Waals surface area contributed by atoms with Crippen LogP contribution in [0.1, 0.15) is 20.7 Å². The Balaban J connectivity index is 0.00000128. The van der Waals surface area contributed by atoms with Crippen molar-refractivity contribution < 1.29 is 22.6 Å². The Hall–Kier alpha value is -0.0936. The van der Waals surface area contributed by atoms with Gasteiger partial charge in [0.25, 0.3) is 21.9 Å². The van der Waals surface area contributed by atoms with Crippen molar-refractivity contribution in [1.29, 1.82) is 0 Å². The number of imide groups is 1. The van der Waals surface area contributed by atoms with Crippen LogP contribution in [-0.4, -0.2) is 76.2 Å². The van der Waals surface area contributed by atoms with Crippen LogP contribution in [0, 0.1) is 0 Å². The van der Waals surface area contributed by atoms with Crippen molar-refractivity contribution in [3.05, 3.63) is 29.3 Å². The topological polar surface area (TPSA) is 101 Å². The zero-order valence-electron chi connectivity index (χ0n) is 8.22. The van der Waals surface area contributed by atoms with Crippen LogP contribution in [0.3, 0.4) is 0 Å². The molecule has 1 radical (unpaired) electrons. The second-order valence-electron chi connectivity index (χ2n) is 2.97. The molecule has 0 saturated carbocycles. The SMILES string of the molecule is O=C1NC(=O)c2cc(S(=O)(=O)O)ccc21.[K]. The largest absolute Gasteiger partial charge is 0.294 e. The molecule has 0 unspecified atom stereocenters. The summed E-state index contributed by atoms with van der Waals surface area (Å²) in [4.78, 5) is 21.8. The van der Waals surface area contributed by atoms with Gasteiger partial charge in [-0.25, -0.2) is 0 Å². The third-order valence-corrected chi connectivity index (χ3v) is 2.85. The fourth-order valence-corrected chi connectivity index (χ4v) is 1.81. The molecule has 2 N–H and O–H groups in total. The third kappa shape index (κ3) is 2.43. The fraction of sp³-hybridized carbons (Fsp3) is 0. The Labute approximate surface area is 134 Å². The molecule has 1 aromatic carbocycles. The van der Waals surface area contributed by atoms with E-state index in [-0.39, 0.29) is 62.5 Å². The summed E-state index contributed by atoms with van der Waals surface area (Å²) in [6.45, 7) is 0. The number of carbonyl (C=O) groups is 2. The van der Waals surface area contributed by atoms with Crippen molar-refractivity contribution in [2.75, 3.05) is 0 Å². The standard InChI is InChI=1S/C8H5NO5S.K/c10-7-5-2-1-4(15(12,13)14)3-6(5)8(11)9-7;/h1-3H,(H,9,10,11)(H,12,13,14);. The van der Waals surface area contributed by atoms with Crippen LogP contribution in [0.4, 0.5) is 0 Å². The molecule has 1 aliphatic rings. The summed E-state index contributed by atoms with van der Waals surface area (Å²) in [5.74, 6) is -1.24. The van der Waals surface area contributed by atoms with Gasteiger partial charge in [0.05, 0.1) is 16.0 Å². The van der Waals surface area contributed by atoms with Crippen LogP contribution in [0.15, 0.2) is 23.1 Å². The van der Waals surface area contributed by atoms with Gasteiger partial charge in [0, 0.05) is 51.4 Å². The van der Waals surface area contributed by atoms with Gasteiger partial charge in [0.2, 0.25) is 0 Å². The summed E-state index contributed by atoms with van der Waals surface area (Å²) in [6, 6.07) is 3.20. The fourth-order valence-electron chi connectivity index (χ4n) is 1.31. The average Bonchev–Trinajstić information content (AvgIpc) is 2.41. The molecule has 0 saturated heterocycles. The van der Waals surface area contributed by atoms with Crippen molar-refractivity contribution in [3.8, 4) is 0 Å². The Morgan fingerprint density at radius 1 is 1.06 bits per heavy atom. The minimum atomic E-state index is -4.36. The predicted molar refractivity (Wildman–Crippen MR) is 53.8 cm³/mol. The molecule has 1 heterocycles. The van der Waals surface area contributed by atoms with Gasteiger partial charge in [0.15, 0.2) is 0 Å². The van der Waals surface area contributed by atoms with Gasteiger partial charge in [-0.2, -0.15) is 8.42 Å². The summed E-state index contributed by atoms with van der Waals surface area (Å²) in [5.41, 5.74) is 0.0579. The minimum Gasteiger partial charge on any atom is -0.288 e. The quantitative estimate of drug-likeness (QED) is 0.403. The molecule has 6 nitrogen and oxygen atoms in total. The van der Waals surface area contributed by atoms with Crippen LogP contribution in [-0.2, 0) is 10.1 Å². The number of fused-ring (bicyclic) bond motifs is 1. The summed E-state index contributed by atoms with van der Waals surface area (Å²) in [5, 5.41) is 2.01. The maximum absolute atomic E-state index is 11.1. The van der Waals surface area contributed by atoms with E-state index in [0.717, 1.165) is 12.1 Å². The Bertz CT molecular complexity index is 580. The van der Waals surface area contributed by atoms with Crippen LogP contribution < -0.4 is 5.32 Å². The average molecular weight is 266 g/mol. The van der Waals surface area contributed by atoms with Gasteiger partial charge in [0.1, 0.15) is 0 Å². The molecule has 0 fully saturated rings. The second kappa shape index (κ2) is 4.65. The Morgan fingerprint density at radius 3 is 2.19 bits per heavy atom. The number of hydrogen-bond donors (Lipinski definition) is 2. The Kier molecular flexibility index (Phi) is 4.06. The molecule has 8 heteroatoms. The molecule has 0 bridgehead atoms. The zero-order valence-corrected chi connectivity index (χ0v) is 12.2. The molecule has 16 heavy (non-hydrogen) atoms. The molecule has 0 aliphatic carbocycles. The van der Waals surface area contributed by atoms with E-state index in [0.29, 0.717) is 0 Å². The monoisotopic (exact) mass is 266 g/mol. The number of carbonyl (C=O) groups excluding carboxylic acids is 2. The van der Waals surface area contributed by atoms with Gasteiger partial charge >= 0.3 is 0 Å². The molecule has 79 valence electrons. The maximum Gasteiger partial charge on any atom is 0.294 e. The van der Waals surface area contributed by atoms with Gasteiger partial charge in [-0.15, -0.1) is 0 Å². The smallest absolute Gasteiger partial charge is 0.288 e. The van der Waals surface area contributed by atoms with E-state index in [4.69, 9.17) is 4.55 Å². The number of hydrogen-bond acceptors (Lipinski definition) is 4. The van der Waals surface area contributed by atoms with Gasteiger partial charge in [-0.3, -0.25) is 19.5 Å². The van der Waals surface area contributed by atoms with Crippen molar-refractivity contribution in [1.82, 2.24) is 5.32 Å². The first-order valence-electron chi connectivity index (χ1n) is 3.87. The summed E-state index contributed by atoms with van der Waals surface area (Å²) < 4.78 is 30.2. The van der Waals surface area contributed by atoms with E-state index in [1.807, 2.05) is 5.32 Å². The van der Waals surface area contributed by atoms with Gasteiger partial charge in [-0.1, -0.05) is 0 Å². The Morgan fingerprint density at radius 2 is 1.62 bits per heavy atom. The second-order valence-corrected chi connectivity index (χ2v) is 4.39. The van der Waals surface area contributed by atoms with Crippen LogP contribution in [0.5, 0.6) is 0 Å². The molecule has 0 spiro atoms. The van der Waals surface area contributed by atoms with Crippen molar-refractivity contribution in [3.63, 3.8) is 0 Å². The molecule has 0 atom stereocenters. The number of amides is 2. The number of benzene rings is 1. The van der Waals surface area contributed by atoms with Crippen LogP contribution in [0.25, 0.3) is 0 Å². The molecule has 0 aromatic heterocycles. The molecule has 2 rings (SSSR count). The van der Waals surface area contributed by atoms with Gasteiger partial charge < -0.3 is 0 Å². The normalized spacial score (nSPS) is 14.1. The molecular formula is C8H5KNO5S. The first-order valence-corrected chi connectivity index (χ1v) is 5.31. The maximum atomic E-state index is 11.1. The zero-order chi connectivity index (χ0) is 11.2. The number of nitrogens with one attached hydrogen (secondary N) is 1. The van der Waals surface area contributed by atoms with Crippen molar-refractivity contribution in [2.45, 2.75) is 4.90 Å². The summed E-state index contributed by atoms with van der Waals surface area (Å²) >= 11 is 0. The van der Waals surface area contributed by atoms with E-state index in [2.05, 4.69) is 0 Å². The van der Waals surface area contributed by atoms with Gasteiger partial charge in [-0.05, 0) is 18.2 Å². The summed E-state index contributed by atoms with van der Waals surface area (Å²) in [7, 11) is -4.36. The molecule has 1 aromatic rings. The third-order valence-electron chi connectivity index (χ3n) is 2.01. The first kappa shape index (κ1) is 14.0. The molecular weight excluding hydrogens is 261 g/mol. The molecule has 2 amide bonds. The summed E-state index contributed by atoms with van der Waals surface area (Å²) in [6.07, 6.45) is 0. The van der Waals surface area contributed by atoms with E-state index in [9.17, 15) is 18.0 Å². The van der Waals surface area contributed by atoms with E-state index < -0.39 is 26.8 Å². The van der Waals surface area contributed by atoms with Crippen molar-refractivity contribution >= 4 is 73.3 Å². The van der Waals surface area contributed by atoms with E-state index in [1.165, 1.54) is 6.07 Å². The number of rotatable bonds is 1. The van der Waals surface area contributed by atoms with Crippen molar-refractivity contribution in [2.24, 2.45) is 0 Å². The predicted octanol–water partition coefficient (Wildman–Crippen LogP) is -0.564. The molecule has 1 aliphatic heterocycles. The van der Waals surface area contributed by atoms with E-state index in [1.54, 1.807) is 0 Å². The van der Waals surface area contributed by atoms with E-state index >= 15 is 0 Å². The van der Waals surface area contributed by atoms with Crippen LogP contribution >= 0.6 is 0 Å². The minimum absolute atomic E-state index is 0.